The molecule has 2 unspecified atom stereocenters. The number of nitrogens with zero attached hydrogens (tertiary/aromatic N) is 2. The number of halogens is 1. The predicted octanol–water partition coefficient (Wildman–Crippen LogP) is 7.74. The van der Waals surface area contributed by atoms with E-state index >= 15 is 0 Å². The van der Waals surface area contributed by atoms with Crippen LogP contribution < -0.4 is 4.74 Å². The van der Waals surface area contributed by atoms with Crippen LogP contribution in [0.25, 0.3) is 10.9 Å². The zero-order chi connectivity index (χ0) is 28.5. The molecule has 0 spiro atoms. The molecule has 3 aromatic carbocycles. The number of hydrogen-bond donors (Lipinski definition) is 1. The fraction of sp³-hybridized carbons (Fsp3) is 0.400. The van der Waals surface area contributed by atoms with Crippen LogP contribution in [0.1, 0.15) is 61.1 Å². The molecule has 1 aliphatic heterocycles. The van der Waals surface area contributed by atoms with Crippen LogP contribution in [0.4, 0.5) is 0 Å². The van der Waals surface area contributed by atoms with Crippen LogP contribution in [0.3, 0.4) is 0 Å². The number of benzene rings is 3. The molecule has 0 aliphatic carbocycles. The smallest absolute Gasteiger partial charge is 0.217 e. The van der Waals surface area contributed by atoms with Crippen LogP contribution in [0.15, 0.2) is 89.4 Å². The molecule has 1 aliphatic rings. The first-order valence-electron chi connectivity index (χ1n) is 14.8. The highest BCUT2D eigenvalue weighted by Crippen LogP contribution is 2.43. The zero-order valence-electron chi connectivity index (χ0n) is 24.0. The molecule has 0 saturated carbocycles. The standard InChI is InChI=1S/C35H41BrN2O3/c1-40-34-31(24-29-23-30(36)17-18-32(29)37-34)33(28-15-7-3-8-16-28)35(39,26-41-25-27-13-5-2-6-14-27)19-9-12-22-38-20-10-4-11-21-38/h2-3,5-8,13-18,23-24,33,39H,4,9-12,19-22,25-26H2,1H3. The molecule has 1 saturated heterocycles. The third-order valence-corrected chi connectivity index (χ3v) is 8.68. The lowest BCUT2D eigenvalue weighted by Gasteiger charge is -2.38. The van der Waals surface area contributed by atoms with E-state index in [2.05, 4.69) is 57.2 Å². The minimum atomic E-state index is -1.17. The fourth-order valence-electron chi connectivity index (χ4n) is 6.11. The van der Waals surface area contributed by atoms with Gasteiger partial charge in [0.15, 0.2) is 0 Å². The van der Waals surface area contributed by atoms with Crippen molar-refractivity contribution >= 4 is 26.8 Å². The maximum absolute atomic E-state index is 12.7. The number of likely N-dealkylation sites (tertiary alicyclic amines) is 1. The van der Waals surface area contributed by atoms with Gasteiger partial charge in [0, 0.05) is 21.3 Å². The summed E-state index contributed by atoms with van der Waals surface area (Å²) in [6, 6.07) is 28.6. The molecule has 4 aromatic rings. The van der Waals surface area contributed by atoms with Gasteiger partial charge in [0.25, 0.3) is 0 Å². The quantitative estimate of drug-likeness (QED) is 0.156. The molecule has 1 fully saturated rings. The molecule has 1 aromatic heterocycles. The number of methoxy groups -OCH3 is 1. The minimum absolute atomic E-state index is 0.199. The molecule has 0 bridgehead atoms. The minimum Gasteiger partial charge on any atom is -0.481 e. The first-order valence-corrected chi connectivity index (χ1v) is 15.6. The average molecular weight is 618 g/mol. The Kier molecular flexibility index (Phi) is 10.4. The summed E-state index contributed by atoms with van der Waals surface area (Å²) in [4.78, 5) is 7.45. The van der Waals surface area contributed by atoms with Gasteiger partial charge in [-0.25, -0.2) is 4.98 Å². The van der Waals surface area contributed by atoms with Crippen molar-refractivity contribution in [1.29, 1.82) is 0 Å². The first-order chi connectivity index (χ1) is 20.1. The van der Waals surface area contributed by atoms with Crippen LogP contribution in [-0.2, 0) is 11.3 Å². The van der Waals surface area contributed by atoms with Gasteiger partial charge in [0.1, 0.15) is 0 Å². The first kappa shape index (κ1) is 29.7. The molecule has 216 valence electrons. The van der Waals surface area contributed by atoms with Gasteiger partial charge < -0.3 is 19.5 Å². The number of hydrogen-bond acceptors (Lipinski definition) is 5. The van der Waals surface area contributed by atoms with Crippen LogP contribution in [0.5, 0.6) is 5.88 Å². The number of rotatable bonds is 13. The summed E-state index contributed by atoms with van der Waals surface area (Å²) in [5.74, 6) is 0.142. The van der Waals surface area contributed by atoms with E-state index in [1.807, 2.05) is 48.5 Å². The summed E-state index contributed by atoms with van der Waals surface area (Å²) in [7, 11) is 1.65. The highest BCUT2D eigenvalue weighted by atomic mass is 79.9. The third kappa shape index (κ3) is 7.75. The molecule has 2 heterocycles. The van der Waals surface area contributed by atoms with Crippen molar-refractivity contribution in [2.45, 2.75) is 56.7 Å². The van der Waals surface area contributed by atoms with Gasteiger partial charge >= 0.3 is 0 Å². The molecule has 41 heavy (non-hydrogen) atoms. The van der Waals surface area contributed by atoms with E-state index in [0.717, 1.165) is 51.5 Å². The van der Waals surface area contributed by atoms with E-state index in [4.69, 9.17) is 14.5 Å². The molecule has 5 rings (SSSR count). The second-order valence-corrected chi connectivity index (χ2v) is 12.1. The largest absolute Gasteiger partial charge is 0.481 e. The number of ether oxygens (including phenoxy) is 2. The van der Waals surface area contributed by atoms with Crippen molar-refractivity contribution in [3.05, 3.63) is 106 Å². The summed E-state index contributed by atoms with van der Waals surface area (Å²) in [5.41, 5.74) is 2.65. The van der Waals surface area contributed by atoms with Crippen LogP contribution >= 0.6 is 15.9 Å². The molecule has 2 atom stereocenters. The van der Waals surface area contributed by atoms with E-state index in [0.29, 0.717) is 18.9 Å². The van der Waals surface area contributed by atoms with Gasteiger partial charge in [-0.05, 0) is 87.1 Å². The Bertz CT molecular complexity index is 1380. The van der Waals surface area contributed by atoms with Crippen molar-refractivity contribution < 1.29 is 14.6 Å². The molecular formula is C35H41BrN2O3. The number of unbranched alkanes of at least 4 members (excludes halogenated alkanes) is 1. The number of fused-ring (bicyclic) bond motifs is 1. The number of piperidine rings is 1. The van der Waals surface area contributed by atoms with Gasteiger partial charge in [-0.2, -0.15) is 0 Å². The van der Waals surface area contributed by atoms with Crippen LogP contribution in [0.2, 0.25) is 0 Å². The molecule has 0 radical (unpaired) electrons. The summed E-state index contributed by atoms with van der Waals surface area (Å²) < 4.78 is 13.2. The predicted molar refractivity (Wildman–Crippen MR) is 169 cm³/mol. The van der Waals surface area contributed by atoms with E-state index < -0.39 is 5.60 Å². The van der Waals surface area contributed by atoms with Gasteiger partial charge in [-0.3, -0.25) is 0 Å². The van der Waals surface area contributed by atoms with E-state index in [1.165, 1.54) is 32.4 Å². The number of aromatic nitrogens is 1. The second kappa shape index (κ2) is 14.4. The van der Waals surface area contributed by atoms with Crippen LogP contribution in [-0.4, -0.2) is 53.9 Å². The third-order valence-electron chi connectivity index (χ3n) is 8.19. The Hall–Kier alpha value is -2.77. The topological polar surface area (TPSA) is 54.8 Å². The summed E-state index contributed by atoms with van der Waals surface area (Å²) in [6.45, 7) is 4.09. The van der Waals surface area contributed by atoms with Gasteiger partial charge in [0.2, 0.25) is 5.88 Å². The van der Waals surface area contributed by atoms with E-state index in [-0.39, 0.29) is 12.5 Å². The molecule has 6 heteroatoms. The lowest BCUT2D eigenvalue weighted by atomic mass is 9.75. The Morgan fingerprint density at radius 3 is 2.39 bits per heavy atom. The Balaban J connectivity index is 1.49. The van der Waals surface area contributed by atoms with E-state index in [9.17, 15) is 5.11 Å². The second-order valence-electron chi connectivity index (χ2n) is 11.2. The molecule has 5 nitrogen and oxygen atoms in total. The van der Waals surface area contributed by atoms with Gasteiger partial charge in [-0.15, -0.1) is 0 Å². The average Bonchev–Trinajstić information content (AvgIpc) is 3.01. The summed E-state index contributed by atoms with van der Waals surface area (Å²) in [6.07, 6.45) is 6.47. The Morgan fingerprint density at radius 1 is 0.927 bits per heavy atom. The van der Waals surface area contributed by atoms with Crippen LogP contribution in [0, 0.1) is 0 Å². The fourth-order valence-corrected chi connectivity index (χ4v) is 6.49. The highest BCUT2D eigenvalue weighted by molar-refractivity contribution is 9.10. The van der Waals surface area contributed by atoms with Crippen molar-refractivity contribution in [2.75, 3.05) is 33.4 Å². The lowest BCUT2D eigenvalue weighted by molar-refractivity contribution is -0.0690. The Morgan fingerprint density at radius 2 is 1.66 bits per heavy atom. The summed E-state index contributed by atoms with van der Waals surface area (Å²) in [5, 5.41) is 13.7. The van der Waals surface area contributed by atoms with Crippen molar-refractivity contribution in [1.82, 2.24) is 9.88 Å². The number of pyridine rings is 1. The molecular weight excluding hydrogens is 576 g/mol. The summed E-state index contributed by atoms with van der Waals surface area (Å²) >= 11 is 3.61. The van der Waals surface area contributed by atoms with Crippen molar-refractivity contribution in [3.63, 3.8) is 0 Å². The van der Waals surface area contributed by atoms with Gasteiger partial charge in [0.05, 0.1) is 31.4 Å². The van der Waals surface area contributed by atoms with E-state index in [1.54, 1.807) is 7.11 Å². The number of aliphatic hydroxyl groups is 1. The van der Waals surface area contributed by atoms with Gasteiger partial charge in [-0.1, -0.05) is 83.0 Å². The normalized spacial score (nSPS) is 16.4. The zero-order valence-corrected chi connectivity index (χ0v) is 25.6. The maximum Gasteiger partial charge on any atom is 0.217 e. The SMILES string of the molecule is COc1nc2ccc(Br)cc2cc1C(c1ccccc1)C(O)(CCCCN1CCCCC1)COCc1ccccc1. The molecule has 0 amide bonds. The monoisotopic (exact) mass is 616 g/mol. The van der Waals surface area contributed by atoms with Crippen molar-refractivity contribution in [2.24, 2.45) is 0 Å². The highest BCUT2D eigenvalue weighted by Gasteiger charge is 2.41. The Labute approximate surface area is 252 Å². The molecule has 1 N–H and O–H groups in total. The maximum atomic E-state index is 12.7. The van der Waals surface area contributed by atoms with Crippen molar-refractivity contribution in [3.8, 4) is 5.88 Å². The lowest BCUT2D eigenvalue weighted by Crippen LogP contribution is -2.42.